The maximum atomic E-state index is 13.3. The van der Waals surface area contributed by atoms with Crippen LogP contribution < -0.4 is 5.32 Å². The number of halogens is 1. The summed E-state index contributed by atoms with van der Waals surface area (Å²) in [5.74, 6) is -1.51. The molecule has 2 aromatic carbocycles. The van der Waals surface area contributed by atoms with Gasteiger partial charge in [0, 0.05) is 11.3 Å². The molecule has 1 N–H and O–H groups in total. The first-order valence-corrected chi connectivity index (χ1v) is 6.35. The standard InChI is InChI=1S/C16H14FNO3/c1-11-13(17)8-5-9-14(11)18-15(19)10-21-16(20)12-6-3-2-4-7-12/h2-9H,10H2,1H3,(H,18,19). The Kier molecular flexibility index (Phi) is 4.66. The molecule has 108 valence electrons. The molecule has 0 aromatic heterocycles. The number of ether oxygens (including phenoxy) is 1. The summed E-state index contributed by atoms with van der Waals surface area (Å²) in [4.78, 5) is 23.4. The van der Waals surface area contributed by atoms with Crippen LogP contribution in [-0.2, 0) is 9.53 Å². The third-order valence-corrected chi connectivity index (χ3v) is 2.89. The molecule has 0 fully saturated rings. The molecule has 0 bridgehead atoms. The van der Waals surface area contributed by atoms with Crippen LogP contribution in [0.2, 0.25) is 0 Å². The lowest BCUT2D eigenvalue weighted by Crippen LogP contribution is -2.21. The van der Waals surface area contributed by atoms with Crippen LogP contribution in [0.25, 0.3) is 0 Å². The van der Waals surface area contributed by atoms with Crippen molar-refractivity contribution in [2.24, 2.45) is 0 Å². The Morgan fingerprint density at radius 2 is 1.81 bits per heavy atom. The van der Waals surface area contributed by atoms with Crippen molar-refractivity contribution in [3.05, 3.63) is 65.5 Å². The van der Waals surface area contributed by atoms with E-state index >= 15 is 0 Å². The SMILES string of the molecule is Cc1c(F)cccc1NC(=O)COC(=O)c1ccccc1. The van der Waals surface area contributed by atoms with E-state index in [1.54, 1.807) is 43.3 Å². The van der Waals surface area contributed by atoms with Crippen molar-refractivity contribution in [3.63, 3.8) is 0 Å². The first kappa shape index (κ1) is 14.7. The predicted molar refractivity (Wildman–Crippen MR) is 76.5 cm³/mol. The van der Waals surface area contributed by atoms with Gasteiger partial charge < -0.3 is 10.1 Å². The number of hydrogen-bond donors (Lipinski definition) is 1. The molecule has 0 unspecified atom stereocenters. The highest BCUT2D eigenvalue weighted by Crippen LogP contribution is 2.17. The van der Waals surface area contributed by atoms with Crippen molar-refractivity contribution in [2.45, 2.75) is 6.92 Å². The molecule has 4 nitrogen and oxygen atoms in total. The quantitative estimate of drug-likeness (QED) is 0.880. The van der Waals surface area contributed by atoms with Gasteiger partial charge in [-0.05, 0) is 31.2 Å². The fourth-order valence-corrected chi connectivity index (χ4v) is 1.72. The van der Waals surface area contributed by atoms with Gasteiger partial charge in [0.2, 0.25) is 0 Å². The van der Waals surface area contributed by atoms with E-state index < -0.39 is 24.3 Å². The Bertz CT molecular complexity index is 656. The van der Waals surface area contributed by atoms with E-state index in [1.807, 2.05) is 0 Å². The molecule has 0 saturated carbocycles. The molecule has 2 rings (SSSR count). The topological polar surface area (TPSA) is 55.4 Å². The second-order valence-corrected chi connectivity index (χ2v) is 4.40. The summed E-state index contributed by atoms with van der Waals surface area (Å²) >= 11 is 0. The summed E-state index contributed by atoms with van der Waals surface area (Å²) in [6.45, 7) is 1.13. The molecule has 0 aliphatic heterocycles. The Balaban J connectivity index is 1.91. The molecular formula is C16H14FNO3. The van der Waals surface area contributed by atoms with Crippen molar-refractivity contribution in [3.8, 4) is 0 Å². The van der Waals surface area contributed by atoms with E-state index in [0.29, 0.717) is 16.8 Å². The van der Waals surface area contributed by atoms with Crippen molar-refractivity contribution < 1.29 is 18.7 Å². The third-order valence-electron chi connectivity index (χ3n) is 2.89. The lowest BCUT2D eigenvalue weighted by atomic mass is 10.2. The first-order valence-electron chi connectivity index (χ1n) is 6.35. The van der Waals surface area contributed by atoms with Gasteiger partial charge in [0.15, 0.2) is 6.61 Å². The zero-order valence-electron chi connectivity index (χ0n) is 11.4. The van der Waals surface area contributed by atoms with Crippen LogP contribution in [0.5, 0.6) is 0 Å². The Morgan fingerprint density at radius 1 is 1.10 bits per heavy atom. The molecule has 2 aromatic rings. The van der Waals surface area contributed by atoms with Crippen LogP contribution >= 0.6 is 0 Å². The monoisotopic (exact) mass is 287 g/mol. The van der Waals surface area contributed by atoms with Crippen LogP contribution in [0.1, 0.15) is 15.9 Å². The minimum Gasteiger partial charge on any atom is -0.452 e. The average Bonchev–Trinajstić information content (AvgIpc) is 2.50. The van der Waals surface area contributed by atoms with Gasteiger partial charge in [-0.3, -0.25) is 4.79 Å². The first-order chi connectivity index (χ1) is 10.1. The van der Waals surface area contributed by atoms with E-state index in [2.05, 4.69) is 5.32 Å². The zero-order valence-corrected chi connectivity index (χ0v) is 11.4. The van der Waals surface area contributed by atoms with Gasteiger partial charge in [-0.15, -0.1) is 0 Å². The fraction of sp³-hybridized carbons (Fsp3) is 0.125. The number of anilines is 1. The van der Waals surface area contributed by atoms with E-state index in [0.717, 1.165) is 0 Å². The van der Waals surface area contributed by atoms with E-state index in [-0.39, 0.29) is 0 Å². The smallest absolute Gasteiger partial charge is 0.338 e. The summed E-state index contributed by atoms with van der Waals surface area (Å²) < 4.78 is 18.2. The molecule has 0 aliphatic rings. The van der Waals surface area contributed by atoms with Crippen LogP contribution in [-0.4, -0.2) is 18.5 Å². The fourth-order valence-electron chi connectivity index (χ4n) is 1.72. The average molecular weight is 287 g/mol. The lowest BCUT2D eigenvalue weighted by molar-refractivity contribution is -0.119. The minimum atomic E-state index is -0.582. The van der Waals surface area contributed by atoms with Gasteiger partial charge in [0.1, 0.15) is 5.82 Å². The lowest BCUT2D eigenvalue weighted by Gasteiger charge is -2.09. The minimum absolute atomic E-state index is 0.334. The summed E-state index contributed by atoms with van der Waals surface area (Å²) in [5.41, 5.74) is 1.06. The molecule has 5 heteroatoms. The maximum absolute atomic E-state index is 13.3. The third kappa shape index (κ3) is 3.89. The number of amides is 1. The largest absolute Gasteiger partial charge is 0.452 e. The highest BCUT2D eigenvalue weighted by atomic mass is 19.1. The highest BCUT2D eigenvalue weighted by molar-refractivity contribution is 5.95. The maximum Gasteiger partial charge on any atom is 0.338 e. The number of rotatable bonds is 4. The second kappa shape index (κ2) is 6.65. The number of carbonyl (C=O) groups is 2. The molecule has 0 aliphatic carbocycles. The number of hydrogen-bond acceptors (Lipinski definition) is 3. The normalized spacial score (nSPS) is 10.0. The van der Waals surface area contributed by atoms with Crippen LogP contribution in [0, 0.1) is 12.7 Å². The van der Waals surface area contributed by atoms with Crippen LogP contribution in [0.15, 0.2) is 48.5 Å². The molecule has 1 amide bonds. The van der Waals surface area contributed by atoms with Crippen molar-refractivity contribution in [2.75, 3.05) is 11.9 Å². The number of esters is 1. The van der Waals surface area contributed by atoms with Gasteiger partial charge in [-0.2, -0.15) is 0 Å². The van der Waals surface area contributed by atoms with E-state index in [1.165, 1.54) is 12.1 Å². The van der Waals surface area contributed by atoms with Crippen molar-refractivity contribution in [1.82, 2.24) is 0 Å². The molecule has 0 saturated heterocycles. The molecular weight excluding hydrogens is 273 g/mol. The van der Waals surface area contributed by atoms with E-state index in [4.69, 9.17) is 4.74 Å². The Labute approximate surface area is 121 Å². The number of nitrogens with one attached hydrogen (secondary N) is 1. The molecule has 0 heterocycles. The van der Waals surface area contributed by atoms with Gasteiger partial charge in [-0.25, -0.2) is 9.18 Å². The van der Waals surface area contributed by atoms with Crippen LogP contribution in [0.4, 0.5) is 10.1 Å². The molecule has 21 heavy (non-hydrogen) atoms. The van der Waals surface area contributed by atoms with Crippen molar-refractivity contribution in [1.29, 1.82) is 0 Å². The van der Waals surface area contributed by atoms with Crippen LogP contribution in [0.3, 0.4) is 0 Å². The van der Waals surface area contributed by atoms with Gasteiger partial charge in [0.05, 0.1) is 5.56 Å². The zero-order chi connectivity index (χ0) is 15.2. The number of carbonyl (C=O) groups excluding carboxylic acids is 2. The van der Waals surface area contributed by atoms with Gasteiger partial charge >= 0.3 is 5.97 Å². The highest BCUT2D eigenvalue weighted by Gasteiger charge is 2.11. The summed E-state index contributed by atoms with van der Waals surface area (Å²) in [6.07, 6.45) is 0. The summed E-state index contributed by atoms with van der Waals surface area (Å²) in [6, 6.07) is 12.7. The predicted octanol–water partition coefficient (Wildman–Crippen LogP) is 2.93. The summed E-state index contributed by atoms with van der Waals surface area (Å²) in [7, 11) is 0. The van der Waals surface area contributed by atoms with E-state index in [9.17, 15) is 14.0 Å². The summed E-state index contributed by atoms with van der Waals surface area (Å²) in [5, 5.41) is 2.50. The molecule has 0 radical (unpaired) electrons. The van der Waals surface area contributed by atoms with Crippen molar-refractivity contribution >= 4 is 17.6 Å². The Hall–Kier alpha value is -2.69. The number of benzene rings is 2. The molecule has 0 spiro atoms. The molecule has 0 atom stereocenters. The Morgan fingerprint density at radius 3 is 2.52 bits per heavy atom. The second-order valence-electron chi connectivity index (χ2n) is 4.40. The van der Waals surface area contributed by atoms with Gasteiger partial charge in [-0.1, -0.05) is 24.3 Å². The van der Waals surface area contributed by atoms with Gasteiger partial charge in [0.25, 0.3) is 5.91 Å².